The number of carbonyl (C=O) groups excluding carboxylic acids is 1. The quantitative estimate of drug-likeness (QED) is 0.366. The molecule has 0 bridgehead atoms. The van der Waals surface area contributed by atoms with Crippen molar-refractivity contribution in [3.63, 3.8) is 0 Å². The van der Waals surface area contributed by atoms with Crippen LogP contribution in [-0.4, -0.2) is 21.8 Å². The Morgan fingerprint density at radius 2 is 2.15 bits per heavy atom. The first-order valence-corrected chi connectivity index (χ1v) is 8.25. The van der Waals surface area contributed by atoms with Crippen molar-refractivity contribution in [2.24, 2.45) is 5.84 Å². The molecule has 3 rings (SSSR count). The number of amides is 1. The molecule has 2 heterocycles. The number of hydrogen-bond acceptors (Lipinski definition) is 6. The lowest BCUT2D eigenvalue weighted by Gasteiger charge is -2.19. The summed E-state index contributed by atoms with van der Waals surface area (Å²) in [5, 5.41) is 2.57. The molecule has 0 saturated carbocycles. The van der Waals surface area contributed by atoms with Crippen LogP contribution >= 0.6 is 47.3 Å². The van der Waals surface area contributed by atoms with E-state index in [4.69, 9.17) is 29.7 Å². The largest absolute Gasteiger partial charge is 0.334 e. The van der Waals surface area contributed by atoms with Crippen LogP contribution in [0.15, 0.2) is 33.0 Å². The van der Waals surface area contributed by atoms with Crippen LogP contribution < -0.4 is 10.7 Å². The Labute approximate surface area is 135 Å². The van der Waals surface area contributed by atoms with Crippen molar-refractivity contribution >= 4 is 63.3 Å². The predicted octanol–water partition coefficient (Wildman–Crippen LogP) is 3.18. The molecule has 0 aliphatic carbocycles. The van der Waals surface area contributed by atoms with Gasteiger partial charge in [-0.2, -0.15) is 0 Å². The topological polar surface area (TPSA) is 49.6 Å². The molecule has 2 aliphatic heterocycles. The normalized spacial score (nSPS) is 21.9. The van der Waals surface area contributed by atoms with Gasteiger partial charge >= 0.3 is 0 Å². The van der Waals surface area contributed by atoms with Gasteiger partial charge in [0, 0.05) is 16.5 Å². The molecule has 8 heteroatoms. The summed E-state index contributed by atoms with van der Waals surface area (Å²) in [4.78, 5) is 15.9. The molecule has 20 heavy (non-hydrogen) atoms. The number of hydrazine groups is 1. The highest BCUT2D eigenvalue weighted by Crippen LogP contribution is 2.50. The van der Waals surface area contributed by atoms with Gasteiger partial charge in [0.15, 0.2) is 4.32 Å². The minimum Gasteiger partial charge on any atom is -0.334 e. The maximum Gasteiger partial charge on any atom is 0.283 e. The van der Waals surface area contributed by atoms with E-state index in [-0.39, 0.29) is 5.91 Å². The summed E-state index contributed by atoms with van der Waals surface area (Å²) in [7, 11) is 0. The van der Waals surface area contributed by atoms with E-state index in [0.29, 0.717) is 14.2 Å². The maximum atomic E-state index is 12.2. The molecule has 2 aliphatic rings. The number of nitrogens with two attached hydrogens (primary N) is 1. The van der Waals surface area contributed by atoms with Crippen molar-refractivity contribution in [1.29, 1.82) is 0 Å². The van der Waals surface area contributed by atoms with E-state index < -0.39 is 0 Å². The Hall–Kier alpha value is -0.730. The number of halogens is 1. The SMILES string of the molecule is CCN1/C(=C2/SC(=S)N(N)C2=O)Sc2ccc(Cl)cc21. The first-order valence-electron chi connectivity index (χ1n) is 5.83. The summed E-state index contributed by atoms with van der Waals surface area (Å²) in [6, 6.07) is 5.71. The van der Waals surface area contributed by atoms with Crippen LogP contribution in [0.3, 0.4) is 0 Å². The standard InChI is InChI=1S/C12H10ClN3OS3/c1-2-15-7-5-6(13)3-4-8(7)19-11(15)9-10(17)16(14)12(18)20-9/h3-5H,2,14H2,1H3/b11-9-. The van der Waals surface area contributed by atoms with Crippen molar-refractivity contribution in [2.45, 2.75) is 11.8 Å². The van der Waals surface area contributed by atoms with Gasteiger partial charge in [0.1, 0.15) is 9.93 Å². The van der Waals surface area contributed by atoms with E-state index in [1.54, 1.807) is 11.8 Å². The Bertz CT molecular complexity index is 661. The summed E-state index contributed by atoms with van der Waals surface area (Å²) in [5.41, 5.74) is 1.02. The second-order valence-electron chi connectivity index (χ2n) is 4.14. The van der Waals surface area contributed by atoms with E-state index >= 15 is 0 Å². The van der Waals surface area contributed by atoms with E-state index in [9.17, 15) is 4.79 Å². The number of thioether (sulfide) groups is 2. The molecule has 2 N–H and O–H groups in total. The molecular weight excluding hydrogens is 334 g/mol. The van der Waals surface area contributed by atoms with Gasteiger partial charge in [0.25, 0.3) is 5.91 Å². The van der Waals surface area contributed by atoms with E-state index in [1.807, 2.05) is 25.1 Å². The number of rotatable bonds is 1. The molecule has 104 valence electrons. The number of benzene rings is 1. The van der Waals surface area contributed by atoms with Crippen LogP contribution in [0, 0.1) is 0 Å². The Morgan fingerprint density at radius 1 is 1.40 bits per heavy atom. The highest BCUT2D eigenvalue weighted by atomic mass is 35.5. The Morgan fingerprint density at radius 3 is 2.75 bits per heavy atom. The average Bonchev–Trinajstić information content (AvgIpc) is 2.90. The number of carbonyl (C=O) groups is 1. The van der Waals surface area contributed by atoms with Crippen LogP contribution in [0.5, 0.6) is 0 Å². The van der Waals surface area contributed by atoms with Crippen molar-refractivity contribution in [1.82, 2.24) is 5.01 Å². The molecule has 1 saturated heterocycles. The lowest BCUT2D eigenvalue weighted by molar-refractivity contribution is -0.122. The molecule has 0 radical (unpaired) electrons. The van der Waals surface area contributed by atoms with Gasteiger partial charge in [-0.05, 0) is 25.1 Å². The van der Waals surface area contributed by atoms with Crippen molar-refractivity contribution < 1.29 is 4.79 Å². The summed E-state index contributed by atoms with van der Waals surface area (Å²) in [5.74, 6) is 5.38. The van der Waals surface area contributed by atoms with Crippen LogP contribution in [0.25, 0.3) is 0 Å². The van der Waals surface area contributed by atoms with Crippen LogP contribution in [0.4, 0.5) is 5.69 Å². The Balaban J connectivity index is 2.10. The third-order valence-electron chi connectivity index (χ3n) is 2.97. The highest BCUT2D eigenvalue weighted by Gasteiger charge is 2.37. The average molecular weight is 344 g/mol. The number of fused-ring (bicyclic) bond motifs is 1. The van der Waals surface area contributed by atoms with Gasteiger partial charge in [-0.25, -0.2) is 10.9 Å². The zero-order valence-corrected chi connectivity index (χ0v) is 13.6. The second-order valence-corrected chi connectivity index (χ2v) is 7.25. The van der Waals surface area contributed by atoms with Gasteiger partial charge in [-0.3, -0.25) is 4.79 Å². The number of anilines is 1. The first kappa shape index (κ1) is 14.2. The zero-order valence-electron chi connectivity index (χ0n) is 10.4. The first-order chi connectivity index (χ1) is 9.52. The summed E-state index contributed by atoms with van der Waals surface area (Å²) in [6.45, 7) is 2.77. The van der Waals surface area contributed by atoms with Crippen LogP contribution in [0.2, 0.25) is 5.02 Å². The number of nitrogens with zero attached hydrogens (tertiary/aromatic N) is 2. The monoisotopic (exact) mass is 343 g/mol. The molecule has 1 fully saturated rings. The minimum absolute atomic E-state index is 0.250. The zero-order chi connectivity index (χ0) is 14.4. The van der Waals surface area contributed by atoms with E-state index in [1.165, 1.54) is 11.8 Å². The fourth-order valence-electron chi connectivity index (χ4n) is 2.05. The van der Waals surface area contributed by atoms with Gasteiger partial charge in [0.05, 0.1) is 5.69 Å². The van der Waals surface area contributed by atoms with Gasteiger partial charge in [-0.1, -0.05) is 47.3 Å². The predicted molar refractivity (Wildman–Crippen MR) is 88.6 cm³/mol. The van der Waals surface area contributed by atoms with E-state index in [0.717, 1.165) is 27.2 Å². The fourth-order valence-corrected chi connectivity index (χ4v) is 4.67. The van der Waals surface area contributed by atoms with Crippen LogP contribution in [0.1, 0.15) is 6.92 Å². The van der Waals surface area contributed by atoms with Crippen molar-refractivity contribution in [2.75, 3.05) is 11.4 Å². The third-order valence-corrected chi connectivity index (χ3v) is 5.91. The molecule has 0 aromatic heterocycles. The number of thiocarbonyl (C=S) groups is 1. The molecule has 0 spiro atoms. The van der Waals surface area contributed by atoms with Gasteiger partial charge < -0.3 is 4.90 Å². The molecule has 1 aromatic carbocycles. The van der Waals surface area contributed by atoms with Crippen molar-refractivity contribution in [3.8, 4) is 0 Å². The maximum absolute atomic E-state index is 12.2. The summed E-state index contributed by atoms with van der Waals surface area (Å²) >= 11 is 13.9. The molecule has 0 unspecified atom stereocenters. The number of hydrogen-bond donors (Lipinski definition) is 1. The fraction of sp³-hybridized carbons (Fsp3) is 0.167. The van der Waals surface area contributed by atoms with Gasteiger partial charge in [0.2, 0.25) is 0 Å². The Kier molecular flexibility index (Phi) is 3.72. The summed E-state index contributed by atoms with van der Waals surface area (Å²) in [6.07, 6.45) is 0. The second kappa shape index (κ2) is 5.23. The van der Waals surface area contributed by atoms with Crippen LogP contribution in [-0.2, 0) is 4.79 Å². The lowest BCUT2D eigenvalue weighted by atomic mass is 10.3. The lowest BCUT2D eigenvalue weighted by Crippen LogP contribution is -2.35. The van der Waals surface area contributed by atoms with Gasteiger partial charge in [-0.15, -0.1) is 0 Å². The molecule has 1 amide bonds. The molecule has 4 nitrogen and oxygen atoms in total. The van der Waals surface area contributed by atoms with Crippen molar-refractivity contribution in [3.05, 3.63) is 33.2 Å². The third kappa shape index (κ3) is 2.14. The minimum atomic E-state index is -0.250. The molecular formula is C12H10ClN3OS3. The summed E-state index contributed by atoms with van der Waals surface area (Å²) < 4.78 is 0.378. The van der Waals surface area contributed by atoms with E-state index in [2.05, 4.69) is 4.90 Å². The smallest absolute Gasteiger partial charge is 0.283 e. The molecule has 0 atom stereocenters. The molecule has 1 aromatic rings. The highest BCUT2D eigenvalue weighted by molar-refractivity contribution is 8.27.